The third kappa shape index (κ3) is 2.21. The van der Waals surface area contributed by atoms with Crippen molar-refractivity contribution in [3.63, 3.8) is 0 Å². The van der Waals surface area contributed by atoms with Crippen LogP contribution in [-0.2, 0) is 0 Å². The van der Waals surface area contributed by atoms with Crippen LogP contribution in [0.4, 0.5) is 0 Å². The summed E-state index contributed by atoms with van der Waals surface area (Å²) in [6, 6.07) is 13.1. The molecule has 0 saturated heterocycles. The largest absolute Gasteiger partial charge is 0.0911 e. The van der Waals surface area contributed by atoms with E-state index in [1.165, 1.54) is 33.4 Å². The second-order valence-electron chi connectivity index (χ2n) is 7.95. The smallest absolute Gasteiger partial charge is 0.000166 e. The van der Waals surface area contributed by atoms with Gasteiger partial charge in [0.1, 0.15) is 0 Å². The molecule has 1 unspecified atom stereocenters. The average Bonchev–Trinajstić information content (AvgIpc) is 3.08. The molecule has 24 heavy (non-hydrogen) atoms. The predicted octanol–water partition coefficient (Wildman–Crippen LogP) is 4.79. The lowest BCUT2D eigenvalue weighted by atomic mass is 9.81. The van der Waals surface area contributed by atoms with Crippen molar-refractivity contribution in [1.29, 1.82) is 0 Å². The van der Waals surface area contributed by atoms with Gasteiger partial charge in [0.25, 0.3) is 0 Å². The van der Waals surface area contributed by atoms with Crippen molar-refractivity contribution in [3.05, 3.63) is 75.7 Å². The second-order valence-corrected chi connectivity index (χ2v) is 7.95. The Kier molecular flexibility index (Phi) is 3.22. The molecule has 0 aliphatic heterocycles. The van der Waals surface area contributed by atoms with Crippen LogP contribution in [0, 0.1) is 11.3 Å². The van der Waals surface area contributed by atoms with Gasteiger partial charge >= 0.3 is 0 Å². The Hall–Kier alpha value is -2.34. The van der Waals surface area contributed by atoms with E-state index >= 15 is 0 Å². The molecule has 4 rings (SSSR count). The highest BCUT2D eigenvalue weighted by atomic mass is 14.3. The molecule has 0 nitrogen and oxygen atoms in total. The van der Waals surface area contributed by atoms with Gasteiger partial charge < -0.3 is 0 Å². The first kappa shape index (κ1) is 15.2. The van der Waals surface area contributed by atoms with Crippen LogP contribution in [0.25, 0.3) is 29.4 Å². The first-order valence-electron chi connectivity index (χ1n) is 8.66. The van der Waals surface area contributed by atoms with Crippen molar-refractivity contribution < 1.29 is 0 Å². The van der Waals surface area contributed by atoms with E-state index in [1.807, 2.05) is 0 Å². The fourth-order valence-electron chi connectivity index (χ4n) is 3.92. The summed E-state index contributed by atoms with van der Waals surface area (Å²) in [5, 5.41) is 2.22. The second kappa shape index (κ2) is 5.08. The Bertz CT molecular complexity index is 1010. The van der Waals surface area contributed by atoms with Crippen molar-refractivity contribution in [2.45, 2.75) is 27.7 Å². The van der Waals surface area contributed by atoms with E-state index in [1.54, 1.807) is 0 Å². The van der Waals surface area contributed by atoms with Gasteiger partial charge in [0.05, 0.1) is 0 Å². The van der Waals surface area contributed by atoms with Gasteiger partial charge in [-0.05, 0) is 67.5 Å². The third-order valence-electron chi connectivity index (χ3n) is 5.11. The maximum atomic E-state index is 4.31. The van der Waals surface area contributed by atoms with Gasteiger partial charge in [-0.15, -0.1) is 0 Å². The maximum Gasteiger partial charge on any atom is 0.000166 e. The Morgan fingerprint density at radius 1 is 1.04 bits per heavy atom. The van der Waals surface area contributed by atoms with Crippen LogP contribution in [-0.4, -0.2) is 0 Å². The van der Waals surface area contributed by atoms with E-state index in [2.05, 4.69) is 88.9 Å². The summed E-state index contributed by atoms with van der Waals surface area (Å²) in [6.07, 6.45) is 8.15. The molecule has 2 aromatic rings. The first-order chi connectivity index (χ1) is 11.4. The standard InChI is InChI=1S/C24H23/c1-15-10-11-22(24(3,4)5)23(15)18-12-16(2)20-13-17-8-6-7-9-19(17)21(20)14-18/h6-12,14-15H,2H2,1,3-5H3. The number of benzene rings is 2. The molecule has 0 saturated carbocycles. The Balaban J connectivity index is 1.98. The Morgan fingerprint density at radius 2 is 1.79 bits per heavy atom. The summed E-state index contributed by atoms with van der Waals surface area (Å²) >= 11 is 0. The summed E-state index contributed by atoms with van der Waals surface area (Å²) in [7, 11) is 0. The van der Waals surface area contributed by atoms with E-state index in [4.69, 9.17) is 0 Å². The molecular formula is C24H23. The molecule has 0 bridgehead atoms. The van der Waals surface area contributed by atoms with Gasteiger partial charge in [0.2, 0.25) is 0 Å². The SMILES string of the molecule is C=c1cc(C2=C(C(C)(C)C)C=CC2C)cc2c1=[C]c1ccccc1-2. The Morgan fingerprint density at radius 3 is 2.54 bits per heavy atom. The molecule has 2 aliphatic rings. The number of hydrogen-bond donors (Lipinski definition) is 0. The van der Waals surface area contributed by atoms with Gasteiger partial charge in [-0.2, -0.15) is 0 Å². The number of allylic oxidation sites excluding steroid dienone is 4. The molecule has 2 aliphatic carbocycles. The molecule has 0 heterocycles. The van der Waals surface area contributed by atoms with Crippen molar-refractivity contribution in [1.82, 2.24) is 0 Å². The van der Waals surface area contributed by atoms with Crippen LogP contribution < -0.4 is 10.4 Å². The molecule has 2 aromatic carbocycles. The van der Waals surface area contributed by atoms with E-state index < -0.39 is 0 Å². The lowest BCUT2D eigenvalue weighted by molar-refractivity contribution is 0.519. The molecule has 119 valence electrons. The summed E-state index contributed by atoms with van der Waals surface area (Å²) in [6.45, 7) is 13.5. The fourth-order valence-corrected chi connectivity index (χ4v) is 3.92. The van der Waals surface area contributed by atoms with E-state index in [9.17, 15) is 0 Å². The normalized spacial score (nSPS) is 18.6. The van der Waals surface area contributed by atoms with Gasteiger partial charge in [-0.1, -0.05) is 70.7 Å². The zero-order valence-corrected chi connectivity index (χ0v) is 14.9. The van der Waals surface area contributed by atoms with Crippen LogP contribution in [0.1, 0.15) is 38.8 Å². The molecule has 0 N–H and O–H groups in total. The van der Waals surface area contributed by atoms with Gasteiger partial charge in [-0.3, -0.25) is 0 Å². The van der Waals surface area contributed by atoms with Crippen LogP contribution in [0.3, 0.4) is 0 Å². The molecule has 0 aromatic heterocycles. The van der Waals surface area contributed by atoms with Crippen LogP contribution in [0.15, 0.2) is 54.1 Å². The third-order valence-corrected chi connectivity index (χ3v) is 5.11. The van der Waals surface area contributed by atoms with E-state index in [0.717, 1.165) is 10.4 Å². The summed E-state index contributed by atoms with van der Waals surface area (Å²) < 4.78 is 0. The molecule has 1 atom stereocenters. The minimum Gasteiger partial charge on any atom is -0.0911 e. The van der Waals surface area contributed by atoms with Gasteiger partial charge in [0, 0.05) is 5.92 Å². The van der Waals surface area contributed by atoms with Gasteiger partial charge in [0.15, 0.2) is 0 Å². The zero-order chi connectivity index (χ0) is 17.1. The van der Waals surface area contributed by atoms with Gasteiger partial charge in [-0.25, -0.2) is 0 Å². The van der Waals surface area contributed by atoms with Crippen LogP contribution >= 0.6 is 0 Å². The van der Waals surface area contributed by atoms with Crippen LogP contribution in [0.5, 0.6) is 0 Å². The highest BCUT2D eigenvalue weighted by Crippen LogP contribution is 2.42. The predicted molar refractivity (Wildman–Crippen MR) is 104 cm³/mol. The highest BCUT2D eigenvalue weighted by molar-refractivity contribution is 5.86. The first-order valence-corrected chi connectivity index (χ1v) is 8.66. The maximum absolute atomic E-state index is 4.31. The van der Waals surface area contributed by atoms with Crippen molar-refractivity contribution in [2.24, 2.45) is 11.3 Å². The fraction of sp³-hybridized carbons (Fsp3) is 0.250. The summed E-state index contributed by atoms with van der Waals surface area (Å²) in [4.78, 5) is 0. The minimum atomic E-state index is 0.146. The lowest BCUT2D eigenvalue weighted by Crippen LogP contribution is -2.24. The summed E-state index contributed by atoms with van der Waals surface area (Å²) in [5.74, 6) is 0.446. The average molecular weight is 311 g/mol. The molecule has 0 fully saturated rings. The number of hydrogen-bond acceptors (Lipinski definition) is 0. The Labute approximate surface area is 144 Å². The highest BCUT2D eigenvalue weighted by Gasteiger charge is 2.27. The zero-order valence-electron chi connectivity index (χ0n) is 14.9. The number of rotatable bonds is 1. The molecule has 0 amide bonds. The molecule has 1 radical (unpaired) electrons. The van der Waals surface area contributed by atoms with Crippen molar-refractivity contribution >= 4 is 18.2 Å². The van der Waals surface area contributed by atoms with Crippen LogP contribution in [0.2, 0.25) is 0 Å². The number of fused-ring (bicyclic) bond motifs is 3. The summed E-state index contributed by atoms with van der Waals surface area (Å²) in [5.41, 5.74) is 8.06. The van der Waals surface area contributed by atoms with E-state index in [-0.39, 0.29) is 5.41 Å². The van der Waals surface area contributed by atoms with E-state index in [0.29, 0.717) is 5.92 Å². The molecular weight excluding hydrogens is 288 g/mol. The monoisotopic (exact) mass is 311 g/mol. The van der Waals surface area contributed by atoms with Crippen molar-refractivity contribution in [3.8, 4) is 11.1 Å². The molecule has 0 spiro atoms. The minimum absolute atomic E-state index is 0.146. The molecule has 0 heteroatoms. The topological polar surface area (TPSA) is 0 Å². The quantitative estimate of drug-likeness (QED) is 0.606. The van der Waals surface area contributed by atoms with Crippen molar-refractivity contribution in [2.75, 3.05) is 0 Å². The lowest BCUT2D eigenvalue weighted by Gasteiger charge is -2.23.